The number of hydrogen-bond acceptors (Lipinski definition) is 3. The van der Waals surface area contributed by atoms with E-state index >= 15 is 0 Å². The summed E-state index contributed by atoms with van der Waals surface area (Å²) in [5.41, 5.74) is 1.23. The fourth-order valence-corrected chi connectivity index (χ4v) is 3.18. The Kier molecular flexibility index (Phi) is 4.51. The van der Waals surface area contributed by atoms with E-state index < -0.39 is 20.7 Å². The van der Waals surface area contributed by atoms with Gasteiger partial charge in [-0.3, -0.25) is 4.72 Å². The van der Waals surface area contributed by atoms with Crippen molar-refractivity contribution in [3.8, 4) is 0 Å². The number of hydrogen-bond donors (Lipinski definition) is 2. The molecule has 2 rings (SSSR count). The zero-order valence-corrected chi connectivity index (χ0v) is 12.7. The van der Waals surface area contributed by atoms with Crippen molar-refractivity contribution in [3.05, 3.63) is 58.4 Å². The van der Waals surface area contributed by atoms with Crippen LogP contribution in [0.5, 0.6) is 0 Å². The normalized spacial score (nSPS) is 11.4. The highest BCUT2D eigenvalue weighted by molar-refractivity contribution is 7.92. The van der Waals surface area contributed by atoms with E-state index in [1.54, 1.807) is 19.1 Å². The summed E-state index contributed by atoms with van der Waals surface area (Å²) in [6.45, 7) is 1.33. The van der Waals surface area contributed by atoms with Gasteiger partial charge in [0.2, 0.25) is 0 Å². The van der Waals surface area contributed by atoms with E-state index in [0.717, 1.165) is 12.1 Å². The van der Waals surface area contributed by atoms with Gasteiger partial charge in [-0.25, -0.2) is 12.8 Å². The van der Waals surface area contributed by atoms with Gasteiger partial charge in [0.25, 0.3) is 10.0 Å². The van der Waals surface area contributed by atoms with Crippen LogP contribution >= 0.6 is 11.6 Å². The van der Waals surface area contributed by atoms with E-state index in [2.05, 4.69) is 4.72 Å². The van der Waals surface area contributed by atoms with E-state index in [-0.39, 0.29) is 12.3 Å². The first-order valence-electron chi connectivity index (χ1n) is 6.02. The van der Waals surface area contributed by atoms with Crippen molar-refractivity contribution in [2.75, 3.05) is 4.72 Å². The summed E-state index contributed by atoms with van der Waals surface area (Å²) in [5, 5.41) is 9.40. The predicted molar refractivity (Wildman–Crippen MR) is 79.3 cm³/mol. The van der Waals surface area contributed by atoms with Crippen LogP contribution in [-0.4, -0.2) is 13.5 Å². The lowest BCUT2D eigenvalue weighted by molar-refractivity contribution is 0.281. The van der Waals surface area contributed by atoms with E-state index in [4.69, 9.17) is 16.7 Å². The van der Waals surface area contributed by atoms with Crippen LogP contribution in [0.2, 0.25) is 5.02 Å². The smallest absolute Gasteiger partial charge is 0.264 e. The molecule has 0 aromatic heterocycles. The number of aliphatic hydroxyl groups is 1. The average Bonchev–Trinajstić information content (AvgIpc) is 2.43. The Morgan fingerprint density at radius 1 is 1.24 bits per heavy atom. The van der Waals surface area contributed by atoms with Crippen molar-refractivity contribution in [2.24, 2.45) is 0 Å². The lowest BCUT2D eigenvalue weighted by Crippen LogP contribution is -2.15. The van der Waals surface area contributed by atoms with Crippen LogP contribution in [-0.2, 0) is 16.6 Å². The molecule has 0 unspecified atom stereocenters. The van der Waals surface area contributed by atoms with Crippen LogP contribution in [0.25, 0.3) is 0 Å². The van der Waals surface area contributed by atoms with E-state index in [9.17, 15) is 12.8 Å². The summed E-state index contributed by atoms with van der Waals surface area (Å²) < 4.78 is 40.6. The Morgan fingerprint density at radius 2 is 1.95 bits per heavy atom. The van der Waals surface area contributed by atoms with Gasteiger partial charge < -0.3 is 5.11 Å². The van der Waals surface area contributed by atoms with Gasteiger partial charge in [0.15, 0.2) is 0 Å². The first-order chi connectivity index (χ1) is 9.83. The summed E-state index contributed by atoms with van der Waals surface area (Å²) in [6.07, 6.45) is 0. The lowest BCUT2D eigenvalue weighted by atomic mass is 10.2. The molecule has 0 saturated carbocycles. The highest BCUT2D eigenvalue weighted by atomic mass is 35.5. The molecule has 21 heavy (non-hydrogen) atoms. The summed E-state index contributed by atoms with van der Waals surface area (Å²) in [6, 6.07) is 8.14. The van der Waals surface area contributed by atoms with Gasteiger partial charge in [-0.15, -0.1) is 0 Å². The fraction of sp³-hybridized carbons (Fsp3) is 0.143. The van der Waals surface area contributed by atoms with E-state index in [1.807, 2.05) is 0 Å². The molecular weight excluding hydrogens is 317 g/mol. The Labute approximate surface area is 127 Å². The number of nitrogens with one attached hydrogen (secondary N) is 1. The summed E-state index contributed by atoms with van der Waals surface area (Å²) in [5.74, 6) is -0.889. The van der Waals surface area contributed by atoms with Crippen molar-refractivity contribution in [1.82, 2.24) is 0 Å². The second-order valence-corrected chi connectivity index (χ2v) is 6.57. The van der Waals surface area contributed by atoms with Crippen molar-refractivity contribution in [1.29, 1.82) is 0 Å². The first-order valence-corrected chi connectivity index (χ1v) is 7.88. The molecule has 0 aliphatic heterocycles. The molecule has 2 N–H and O–H groups in total. The van der Waals surface area contributed by atoms with Crippen molar-refractivity contribution in [2.45, 2.75) is 18.4 Å². The molecule has 2 aromatic carbocycles. The molecule has 112 valence electrons. The summed E-state index contributed by atoms with van der Waals surface area (Å²) >= 11 is 5.83. The number of benzene rings is 2. The van der Waals surface area contributed by atoms with Gasteiger partial charge in [0.05, 0.1) is 12.3 Å². The standard InChI is InChI=1S/C14H13ClFNO3S/c1-9-2-4-11(15)7-13(9)17-21(19,20)14-6-10(8-18)3-5-12(14)16/h2-7,17-18H,8H2,1H3. The number of halogens is 2. The van der Waals surface area contributed by atoms with Crippen molar-refractivity contribution < 1.29 is 17.9 Å². The van der Waals surface area contributed by atoms with Crippen molar-refractivity contribution in [3.63, 3.8) is 0 Å². The van der Waals surface area contributed by atoms with E-state index in [0.29, 0.717) is 16.1 Å². The molecule has 0 amide bonds. The Hall–Kier alpha value is -1.63. The van der Waals surface area contributed by atoms with Gasteiger partial charge in [-0.2, -0.15) is 0 Å². The Bertz CT molecular complexity index is 778. The van der Waals surface area contributed by atoms with Crippen LogP contribution < -0.4 is 4.72 Å². The minimum atomic E-state index is -4.11. The molecule has 0 bridgehead atoms. The molecule has 7 heteroatoms. The largest absolute Gasteiger partial charge is 0.392 e. The molecule has 0 saturated heterocycles. The number of aryl methyl sites for hydroxylation is 1. The van der Waals surface area contributed by atoms with E-state index in [1.165, 1.54) is 12.1 Å². The fourth-order valence-electron chi connectivity index (χ4n) is 1.76. The molecule has 0 radical (unpaired) electrons. The minimum Gasteiger partial charge on any atom is -0.392 e. The zero-order valence-electron chi connectivity index (χ0n) is 11.1. The molecule has 0 fully saturated rings. The highest BCUT2D eigenvalue weighted by Crippen LogP contribution is 2.25. The topological polar surface area (TPSA) is 66.4 Å². The quantitative estimate of drug-likeness (QED) is 0.906. The second kappa shape index (κ2) is 6.01. The van der Waals surface area contributed by atoms with Gasteiger partial charge >= 0.3 is 0 Å². The SMILES string of the molecule is Cc1ccc(Cl)cc1NS(=O)(=O)c1cc(CO)ccc1F. The molecule has 0 heterocycles. The van der Waals surface area contributed by atoms with Crippen LogP contribution in [0, 0.1) is 12.7 Å². The summed E-state index contributed by atoms with van der Waals surface area (Å²) in [4.78, 5) is -0.520. The molecule has 0 atom stereocenters. The maximum Gasteiger partial charge on any atom is 0.264 e. The number of aliphatic hydroxyl groups excluding tert-OH is 1. The zero-order chi connectivity index (χ0) is 15.6. The first kappa shape index (κ1) is 15.8. The molecule has 0 spiro atoms. The van der Waals surface area contributed by atoms with Crippen LogP contribution in [0.3, 0.4) is 0 Å². The number of rotatable bonds is 4. The average molecular weight is 330 g/mol. The molecule has 0 aliphatic rings. The van der Waals surface area contributed by atoms with Gasteiger partial charge in [0, 0.05) is 5.02 Å². The molecule has 2 aromatic rings. The second-order valence-electron chi connectivity index (χ2n) is 4.49. The lowest BCUT2D eigenvalue weighted by Gasteiger charge is -2.12. The van der Waals surface area contributed by atoms with Crippen LogP contribution in [0.15, 0.2) is 41.3 Å². The van der Waals surface area contributed by atoms with Gasteiger partial charge in [-0.1, -0.05) is 23.7 Å². The van der Waals surface area contributed by atoms with Crippen molar-refractivity contribution >= 4 is 27.3 Å². The molecular formula is C14H13ClFNO3S. The maximum atomic E-state index is 13.8. The predicted octanol–water partition coefficient (Wildman–Crippen LogP) is 3.08. The Morgan fingerprint density at radius 3 is 2.62 bits per heavy atom. The maximum absolute atomic E-state index is 13.8. The van der Waals surface area contributed by atoms with Crippen LogP contribution in [0.4, 0.5) is 10.1 Å². The van der Waals surface area contributed by atoms with Gasteiger partial charge in [-0.05, 0) is 42.3 Å². The Balaban J connectivity index is 2.45. The minimum absolute atomic E-state index is 0.274. The number of sulfonamides is 1. The van der Waals surface area contributed by atoms with Gasteiger partial charge in [0.1, 0.15) is 10.7 Å². The van der Waals surface area contributed by atoms with Crippen LogP contribution in [0.1, 0.15) is 11.1 Å². The third-order valence-corrected chi connectivity index (χ3v) is 4.53. The molecule has 0 aliphatic carbocycles. The number of anilines is 1. The highest BCUT2D eigenvalue weighted by Gasteiger charge is 2.20. The third kappa shape index (κ3) is 3.53. The molecule has 4 nitrogen and oxygen atoms in total. The third-order valence-electron chi connectivity index (χ3n) is 2.91. The summed E-state index contributed by atoms with van der Waals surface area (Å²) in [7, 11) is -4.11. The monoisotopic (exact) mass is 329 g/mol.